The van der Waals surface area contributed by atoms with Crippen LogP contribution < -0.4 is 10.0 Å². The molecule has 0 spiro atoms. The fourth-order valence-corrected chi connectivity index (χ4v) is 4.19. The lowest BCUT2D eigenvalue weighted by Crippen LogP contribution is -2.26. The van der Waals surface area contributed by atoms with E-state index < -0.39 is 10.0 Å². The number of thioether (sulfide) groups is 1. The first-order valence-corrected chi connectivity index (χ1v) is 11.5. The molecule has 0 radical (unpaired) electrons. The zero-order chi connectivity index (χ0) is 20.0. The van der Waals surface area contributed by atoms with Crippen molar-refractivity contribution in [1.82, 2.24) is 5.32 Å². The Morgan fingerprint density at radius 1 is 1.22 bits per heavy atom. The molecule has 5 nitrogen and oxygen atoms in total. The highest BCUT2D eigenvalue weighted by Gasteiger charge is 2.13. The maximum absolute atomic E-state index is 13.7. The highest BCUT2D eigenvalue weighted by molar-refractivity contribution is 7.98. The Bertz CT molecular complexity index is 916. The molecule has 2 rings (SSSR count). The molecule has 0 heterocycles. The number of hydrogen-bond acceptors (Lipinski definition) is 4. The summed E-state index contributed by atoms with van der Waals surface area (Å²) in [7, 11) is -3.43. The minimum atomic E-state index is -3.43. The van der Waals surface area contributed by atoms with E-state index in [-0.39, 0.29) is 11.7 Å². The molecule has 0 unspecified atom stereocenters. The molecule has 0 aliphatic carbocycles. The van der Waals surface area contributed by atoms with Crippen molar-refractivity contribution in [3.8, 4) is 0 Å². The number of carbonyl (C=O) groups excluding carboxylic acids is 1. The normalized spacial score (nSPS) is 11.3. The monoisotopic (exact) mass is 430 g/mol. The SMILES string of the molecule is Cc1c(NS(C)(=O)=O)cccc1C(=O)NCCSCc1c(F)cccc1Cl. The molecule has 0 aliphatic heterocycles. The molecule has 2 aromatic carbocycles. The third-order valence-corrected chi connectivity index (χ3v) is 5.64. The molecule has 0 saturated heterocycles. The van der Waals surface area contributed by atoms with Crippen molar-refractivity contribution in [2.75, 3.05) is 23.3 Å². The minimum Gasteiger partial charge on any atom is -0.351 e. The van der Waals surface area contributed by atoms with Gasteiger partial charge in [-0.2, -0.15) is 11.8 Å². The van der Waals surface area contributed by atoms with Crippen LogP contribution in [0.3, 0.4) is 0 Å². The summed E-state index contributed by atoms with van der Waals surface area (Å²) in [6.07, 6.45) is 1.05. The van der Waals surface area contributed by atoms with Crippen LogP contribution in [-0.4, -0.2) is 32.9 Å². The molecule has 1 amide bonds. The molecule has 27 heavy (non-hydrogen) atoms. The van der Waals surface area contributed by atoms with Crippen molar-refractivity contribution < 1.29 is 17.6 Å². The van der Waals surface area contributed by atoms with E-state index in [9.17, 15) is 17.6 Å². The van der Waals surface area contributed by atoms with Crippen molar-refractivity contribution in [2.45, 2.75) is 12.7 Å². The van der Waals surface area contributed by atoms with Crippen molar-refractivity contribution in [1.29, 1.82) is 0 Å². The first-order valence-electron chi connectivity index (χ1n) is 8.05. The number of anilines is 1. The van der Waals surface area contributed by atoms with Crippen LogP contribution in [0.5, 0.6) is 0 Å². The van der Waals surface area contributed by atoms with Crippen LogP contribution in [-0.2, 0) is 15.8 Å². The molecule has 2 aromatic rings. The summed E-state index contributed by atoms with van der Waals surface area (Å²) in [6, 6.07) is 9.41. The summed E-state index contributed by atoms with van der Waals surface area (Å²) in [4.78, 5) is 12.3. The van der Waals surface area contributed by atoms with Gasteiger partial charge in [-0.1, -0.05) is 23.7 Å². The summed E-state index contributed by atoms with van der Waals surface area (Å²) in [5.74, 6) is 0.351. The lowest BCUT2D eigenvalue weighted by molar-refractivity contribution is 0.0955. The predicted molar refractivity (Wildman–Crippen MR) is 110 cm³/mol. The molecule has 146 valence electrons. The van der Waals surface area contributed by atoms with Crippen molar-refractivity contribution >= 4 is 45.0 Å². The quantitative estimate of drug-likeness (QED) is 0.624. The number of hydrogen-bond donors (Lipinski definition) is 2. The molecule has 0 fully saturated rings. The van der Waals surface area contributed by atoms with Crippen molar-refractivity contribution in [2.24, 2.45) is 0 Å². The second-order valence-electron chi connectivity index (χ2n) is 5.86. The number of carbonyl (C=O) groups is 1. The van der Waals surface area contributed by atoms with Crippen LogP contribution in [0.15, 0.2) is 36.4 Å². The van der Waals surface area contributed by atoms with Gasteiger partial charge >= 0.3 is 0 Å². The lowest BCUT2D eigenvalue weighted by Gasteiger charge is -2.12. The van der Waals surface area contributed by atoms with Gasteiger partial charge in [0.2, 0.25) is 10.0 Å². The van der Waals surface area contributed by atoms with Crippen molar-refractivity contribution in [3.63, 3.8) is 0 Å². The van der Waals surface area contributed by atoms with Gasteiger partial charge in [0.25, 0.3) is 5.91 Å². The van der Waals surface area contributed by atoms with Crippen LogP contribution >= 0.6 is 23.4 Å². The van der Waals surface area contributed by atoms with Gasteiger partial charge in [0, 0.05) is 34.2 Å². The van der Waals surface area contributed by atoms with E-state index in [0.717, 1.165) is 6.26 Å². The second kappa shape index (κ2) is 9.43. The lowest BCUT2D eigenvalue weighted by atomic mass is 10.1. The van der Waals surface area contributed by atoms with Gasteiger partial charge in [-0.3, -0.25) is 9.52 Å². The largest absolute Gasteiger partial charge is 0.351 e. The molecule has 9 heteroatoms. The summed E-state index contributed by atoms with van der Waals surface area (Å²) in [5, 5.41) is 3.17. The average molecular weight is 431 g/mol. The van der Waals surface area contributed by atoms with Gasteiger partial charge < -0.3 is 5.32 Å². The highest BCUT2D eigenvalue weighted by atomic mass is 35.5. The molecule has 0 aromatic heterocycles. The van der Waals surface area contributed by atoms with E-state index in [4.69, 9.17) is 11.6 Å². The molecular weight excluding hydrogens is 411 g/mol. The van der Waals surface area contributed by atoms with E-state index in [1.165, 1.54) is 17.8 Å². The van der Waals surface area contributed by atoms with Gasteiger partial charge in [-0.25, -0.2) is 12.8 Å². The number of rotatable bonds is 8. The van der Waals surface area contributed by atoms with Gasteiger partial charge in [-0.15, -0.1) is 0 Å². The highest BCUT2D eigenvalue weighted by Crippen LogP contribution is 2.24. The van der Waals surface area contributed by atoms with Gasteiger partial charge in [0.15, 0.2) is 0 Å². The third-order valence-electron chi connectivity index (χ3n) is 3.71. The first-order chi connectivity index (χ1) is 12.7. The maximum atomic E-state index is 13.7. The number of halogens is 2. The number of sulfonamides is 1. The van der Waals surface area contributed by atoms with Gasteiger partial charge in [-0.05, 0) is 36.8 Å². The summed E-state index contributed by atoms with van der Waals surface area (Å²) in [6.45, 7) is 2.07. The minimum absolute atomic E-state index is 0.297. The Hall–Kier alpha value is -1.77. The van der Waals surface area contributed by atoms with Crippen molar-refractivity contribution in [3.05, 3.63) is 63.9 Å². The van der Waals surface area contributed by atoms with Gasteiger partial charge in [0.1, 0.15) is 5.82 Å². The van der Waals surface area contributed by atoms with E-state index in [1.54, 1.807) is 37.3 Å². The number of benzene rings is 2. The summed E-state index contributed by atoms with van der Waals surface area (Å²) in [5.41, 5.74) is 1.76. The fourth-order valence-electron chi connectivity index (χ4n) is 2.37. The number of amides is 1. The summed E-state index contributed by atoms with van der Waals surface area (Å²) < 4.78 is 38.9. The van der Waals surface area contributed by atoms with E-state index >= 15 is 0 Å². The van der Waals surface area contributed by atoms with E-state index in [1.807, 2.05) is 0 Å². The van der Waals surface area contributed by atoms with Crippen LogP contribution in [0.25, 0.3) is 0 Å². The Labute approximate surface area is 167 Å². The van der Waals surface area contributed by atoms with Crippen LogP contribution in [0, 0.1) is 12.7 Å². The molecule has 0 atom stereocenters. The van der Waals surface area contributed by atoms with Crippen LogP contribution in [0.1, 0.15) is 21.5 Å². The van der Waals surface area contributed by atoms with Crippen LogP contribution in [0.4, 0.5) is 10.1 Å². The topological polar surface area (TPSA) is 75.3 Å². The smallest absolute Gasteiger partial charge is 0.251 e. The Kier molecular flexibility index (Phi) is 7.52. The number of nitrogens with one attached hydrogen (secondary N) is 2. The Balaban J connectivity index is 1.88. The first kappa shape index (κ1) is 21.5. The molecule has 0 aliphatic rings. The molecule has 0 saturated carbocycles. The average Bonchev–Trinajstić information content (AvgIpc) is 2.57. The third kappa shape index (κ3) is 6.41. The Morgan fingerprint density at radius 2 is 1.93 bits per heavy atom. The maximum Gasteiger partial charge on any atom is 0.251 e. The molecule has 0 bridgehead atoms. The zero-order valence-corrected chi connectivity index (χ0v) is 17.3. The summed E-state index contributed by atoms with van der Waals surface area (Å²) >= 11 is 7.44. The fraction of sp³-hybridized carbons (Fsp3) is 0.278. The van der Waals surface area contributed by atoms with E-state index in [2.05, 4.69) is 10.0 Å². The zero-order valence-electron chi connectivity index (χ0n) is 14.9. The second-order valence-corrected chi connectivity index (χ2v) is 9.12. The van der Waals surface area contributed by atoms with E-state index in [0.29, 0.717) is 45.5 Å². The predicted octanol–water partition coefficient (Wildman–Crippen LogP) is 3.82. The molecule has 2 N–H and O–H groups in total. The Morgan fingerprint density at radius 3 is 2.59 bits per heavy atom. The standard InChI is InChI=1S/C18H20ClFN2O3S2/c1-12-13(5-3-8-17(12)22-27(2,24)25)18(23)21-9-10-26-11-14-15(19)6-4-7-16(14)20/h3-8,22H,9-11H2,1-2H3,(H,21,23). The van der Waals surface area contributed by atoms with Gasteiger partial charge in [0.05, 0.1) is 11.9 Å². The van der Waals surface area contributed by atoms with Crippen LogP contribution in [0.2, 0.25) is 5.02 Å². The molecular formula is C18H20ClFN2O3S2.